The number of amides is 1. The van der Waals surface area contributed by atoms with Crippen molar-refractivity contribution in [3.05, 3.63) is 35.8 Å². The lowest BCUT2D eigenvalue weighted by Gasteiger charge is -2.13. The van der Waals surface area contributed by atoms with Gasteiger partial charge in [-0.1, -0.05) is 13.8 Å². The van der Waals surface area contributed by atoms with Crippen LogP contribution in [0.1, 0.15) is 30.8 Å². The number of hydrogen-bond acceptors (Lipinski definition) is 2. The second kappa shape index (κ2) is 6.05. The zero-order chi connectivity index (χ0) is 14.7. The molecule has 1 amide bonds. The summed E-state index contributed by atoms with van der Waals surface area (Å²) in [6.45, 7) is 4.23. The molecule has 0 aliphatic rings. The highest BCUT2D eigenvalue weighted by Gasteiger charge is 2.12. The van der Waals surface area contributed by atoms with Gasteiger partial charge in [-0.2, -0.15) is 0 Å². The Morgan fingerprint density at radius 1 is 1.40 bits per heavy atom. The molecule has 1 heterocycles. The van der Waals surface area contributed by atoms with Crippen LogP contribution in [0.2, 0.25) is 0 Å². The quantitative estimate of drug-likeness (QED) is 0.786. The number of aromatic nitrogens is 1. The van der Waals surface area contributed by atoms with E-state index in [0.717, 1.165) is 0 Å². The van der Waals surface area contributed by atoms with Gasteiger partial charge in [-0.25, -0.2) is 4.39 Å². The Labute approximate surface area is 117 Å². The summed E-state index contributed by atoms with van der Waals surface area (Å²) < 4.78 is 13.1. The van der Waals surface area contributed by atoms with Crippen LogP contribution in [-0.2, 0) is 0 Å². The number of aliphatic hydroxyl groups excluding tert-OH is 1. The Bertz CT molecular complexity index is 607. The molecule has 2 rings (SSSR count). The summed E-state index contributed by atoms with van der Waals surface area (Å²) in [7, 11) is 0. The largest absolute Gasteiger partial charge is 0.391 e. The first-order valence-electron chi connectivity index (χ1n) is 6.70. The number of aliphatic hydroxyl groups is 1. The van der Waals surface area contributed by atoms with Gasteiger partial charge < -0.3 is 15.4 Å². The number of nitrogens with one attached hydrogen (secondary N) is 2. The van der Waals surface area contributed by atoms with Gasteiger partial charge in [0.05, 0.1) is 6.10 Å². The van der Waals surface area contributed by atoms with Crippen LogP contribution in [0.3, 0.4) is 0 Å². The number of aromatic amines is 1. The van der Waals surface area contributed by atoms with Crippen molar-refractivity contribution in [1.29, 1.82) is 0 Å². The van der Waals surface area contributed by atoms with E-state index < -0.39 is 6.10 Å². The van der Waals surface area contributed by atoms with Crippen molar-refractivity contribution in [2.24, 2.45) is 5.92 Å². The fraction of sp³-hybridized carbons (Fsp3) is 0.400. The molecule has 0 aliphatic heterocycles. The molecule has 0 aliphatic carbocycles. The van der Waals surface area contributed by atoms with E-state index >= 15 is 0 Å². The minimum atomic E-state index is -0.555. The fourth-order valence-electron chi connectivity index (χ4n) is 2.16. The van der Waals surface area contributed by atoms with E-state index in [9.17, 15) is 14.3 Å². The molecule has 1 aromatic carbocycles. The SMILES string of the molecule is CC(C)CC(O)CNC(=O)c1cc2cc(F)ccc2[nH]1. The van der Waals surface area contributed by atoms with Crippen LogP contribution >= 0.6 is 0 Å². The predicted molar refractivity (Wildman–Crippen MR) is 76.1 cm³/mol. The molecule has 3 N–H and O–H groups in total. The molecule has 1 unspecified atom stereocenters. The van der Waals surface area contributed by atoms with Crippen LogP contribution < -0.4 is 5.32 Å². The van der Waals surface area contributed by atoms with E-state index in [1.54, 1.807) is 12.1 Å². The van der Waals surface area contributed by atoms with Crippen LogP contribution in [-0.4, -0.2) is 28.6 Å². The van der Waals surface area contributed by atoms with Crippen molar-refractivity contribution in [3.8, 4) is 0 Å². The fourth-order valence-corrected chi connectivity index (χ4v) is 2.16. The number of fused-ring (bicyclic) bond motifs is 1. The van der Waals surface area contributed by atoms with Gasteiger partial charge in [0, 0.05) is 17.4 Å². The van der Waals surface area contributed by atoms with Crippen molar-refractivity contribution in [2.45, 2.75) is 26.4 Å². The molecule has 0 saturated carbocycles. The lowest BCUT2D eigenvalue weighted by Crippen LogP contribution is -2.32. The summed E-state index contributed by atoms with van der Waals surface area (Å²) in [5.41, 5.74) is 1.07. The Hall–Kier alpha value is -1.88. The van der Waals surface area contributed by atoms with Crippen molar-refractivity contribution >= 4 is 16.8 Å². The smallest absolute Gasteiger partial charge is 0.267 e. The van der Waals surface area contributed by atoms with Gasteiger partial charge in [-0.15, -0.1) is 0 Å². The number of H-pyrrole nitrogens is 1. The van der Waals surface area contributed by atoms with Gasteiger partial charge in [0.1, 0.15) is 11.5 Å². The molecule has 0 saturated heterocycles. The number of carbonyl (C=O) groups is 1. The molecule has 0 radical (unpaired) electrons. The lowest BCUT2D eigenvalue weighted by atomic mass is 10.1. The molecular formula is C15H19FN2O2. The van der Waals surface area contributed by atoms with Gasteiger partial charge in [0.2, 0.25) is 0 Å². The standard InChI is InChI=1S/C15H19FN2O2/c1-9(2)5-12(19)8-17-15(20)14-7-10-6-11(16)3-4-13(10)18-14/h3-4,6-7,9,12,18-19H,5,8H2,1-2H3,(H,17,20). The average Bonchev–Trinajstić information content (AvgIpc) is 2.78. The van der Waals surface area contributed by atoms with Crippen LogP contribution in [0.25, 0.3) is 10.9 Å². The summed E-state index contributed by atoms with van der Waals surface area (Å²) >= 11 is 0. The van der Waals surface area contributed by atoms with Gasteiger partial charge in [0.15, 0.2) is 0 Å². The van der Waals surface area contributed by atoms with E-state index in [1.165, 1.54) is 12.1 Å². The minimum absolute atomic E-state index is 0.209. The molecule has 1 atom stereocenters. The van der Waals surface area contributed by atoms with E-state index in [4.69, 9.17) is 0 Å². The zero-order valence-electron chi connectivity index (χ0n) is 11.6. The summed E-state index contributed by atoms with van der Waals surface area (Å²) in [4.78, 5) is 14.9. The Balaban J connectivity index is 2.00. The Morgan fingerprint density at radius 2 is 2.15 bits per heavy atom. The maximum absolute atomic E-state index is 13.1. The van der Waals surface area contributed by atoms with Crippen LogP contribution in [0.15, 0.2) is 24.3 Å². The average molecular weight is 278 g/mol. The zero-order valence-corrected chi connectivity index (χ0v) is 11.6. The molecule has 1 aromatic heterocycles. The third kappa shape index (κ3) is 3.57. The summed E-state index contributed by atoms with van der Waals surface area (Å²) in [6, 6.07) is 5.90. The first kappa shape index (κ1) is 14.5. The maximum atomic E-state index is 13.1. The normalized spacial score (nSPS) is 12.8. The summed E-state index contributed by atoms with van der Waals surface area (Å²) in [5.74, 6) is -0.266. The van der Waals surface area contributed by atoms with E-state index in [0.29, 0.717) is 28.9 Å². The number of carbonyl (C=O) groups excluding carboxylic acids is 1. The molecule has 5 heteroatoms. The van der Waals surface area contributed by atoms with Crippen molar-refractivity contribution < 1.29 is 14.3 Å². The number of rotatable bonds is 5. The second-order valence-corrected chi connectivity index (χ2v) is 5.41. The first-order chi connectivity index (χ1) is 9.45. The molecule has 20 heavy (non-hydrogen) atoms. The van der Waals surface area contributed by atoms with Crippen molar-refractivity contribution in [1.82, 2.24) is 10.3 Å². The first-order valence-corrected chi connectivity index (χ1v) is 6.70. The molecule has 2 aromatic rings. The van der Waals surface area contributed by atoms with Crippen molar-refractivity contribution in [3.63, 3.8) is 0 Å². The molecule has 0 spiro atoms. The van der Waals surface area contributed by atoms with Crippen LogP contribution in [0.4, 0.5) is 4.39 Å². The topological polar surface area (TPSA) is 65.1 Å². The van der Waals surface area contributed by atoms with Gasteiger partial charge in [-0.05, 0) is 36.6 Å². The van der Waals surface area contributed by atoms with Crippen LogP contribution in [0.5, 0.6) is 0 Å². The molecular weight excluding hydrogens is 259 g/mol. The summed E-state index contributed by atoms with van der Waals surface area (Å²) in [5, 5.41) is 13.0. The highest BCUT2D eigenvalue weighted by molar-refractivity contribution is 5.97. The lowest BCUT2D eigenvalue weighted by molar-refractivity contribution is 0.0896. The van der Waals surface area contributed by atoms with E-state index in [-0.39, 0.29) is 18.3 Å². The highest BCUT2D eigenvalue weighted by atomic mass is 19.1. The third-order valence-electron chi connectivity index (χ3n) is 3.07. The van der Waals surface area contributed by atoms with E-state index in [1.807, 2.05) is 13.8 Å². The summed E-state index contributed by atoms with van der Waals surface area (Å²) in [6.07, 6.45) is 0.0823. The van der Waals surface area contributed by atoms with Gasteiger partial charge in [0.25, 0.3) is 5.91 Å². The molecule has 108 valence electrons. The van der Waals surface area contributed by atoms with Gasteiger partial charge in [-0.3, -0.25) is 4.79 Å². The van der Waals surface area contributed by atoms with E-state index in [2.05, 4.69) is 10.3 Å². The highest BCUT2D eigenvalue weighted by Crippen LogP contribution is 2.16. The maximum Gasteiger partial charge on any atom is 0.267 e. The second-order valence-electron chi connectivity index (χ2n) is 5.41. The number of halogens is 1. The Morgan fingerprint density at radius 3 is 2.85 bits per heavy atom. The Kier molecular flexibility index (Phi) is 4.39. The predicted octanol–water partition coefficient (Wildman–Crippen LogP) is 2.44. The number of hydrogen-bond donors (Lipinski definition) is 3. The van der Waals surface area contributed by atoms with Crippen molar-refractivity contribution in [2.75, 3.05) is 6.54 Å². The molecule has 0 bridgehead atoms. The monoisotopic (exact) mass is 278 g/mol. The number of benzene rings is 1. The molecule has 4 nitrogen and oxygen atoms in total. The minimum Gasteiger partial charge on any atom is -0.391 e. The van der Waals surface area contributed by atoms with Gasteiger partial charge >= 0.3 is 0 Å². The third-order valence-corrected chi connectivity index (χ3v) is 3.07. The van der Waals surface area contributed by atoms with Crippen LogP contribution in [0, 0.1) is 11.7 Å². The molecule has 0 fully saturated rings.